The topological polar surface area (TPSA) is 62.3 Å². The summed E-state index contributed by atoms with van der Waals surface area (Å²) in [5.41, 5.74) is 3.39. The number of methoxy groups -OCH3 is 1. The lowest BCUT2D eigenvalue weighted by Crippen LogP contribution is -2.52. The highest BCUT2D eigenvalue weighted by atomic mass is 16.5. The standard InChI is InChI=1S/C30H41N3O4/c1-5-27(30(35)32-17-15-31(16-18-32)19-20-36-4)37-25-12-11-23-13-14-33(29(34)22(2)3)28(26(23)21-25)24-9-7-6-8-10-24/h6-12,21-22,27-28H,5,13-20H2,1-4H3. The van der Waals surface area contributed by atoms with E-state index in [1.807, 2.05) is 60.9 Å². The van der Waals surface area contributed by atoms with Gasteiger partial charge in [0.1, 0.15) is 5.75 Å². The average Bonchev–Trinajstić information content (AvgIpc) is 2.94. The van der Waals surface area contributed by atoms with Crippen molar-refractivity contribution in [3.05, 3.63) is 65.2 Å². The molecule has 37 heavy (non-hydrogen) atoms. The summed E-state index contributed by atoms with van der Waals surface area (Å²) >= 11 is 0. The molecule has 0 N–H and O–H groups in total. The molecule has 2 unspecified atom stereocenters. The van der Waals surface area contributed by atoms with E-state index in [0.717, 1.165) is 37.2 Å². The number of hydrogen-bond donors (Lipinski definition) is 0. The van der Waals surface area contributed by atoms with E-state index < -0.39 is 6.10 Å². The zero-order chi connectivity index (χ0) is 26.4. The van der Waals surface area contributed by atoms with Crippen LogP contribution in [0.15, 0.2) is 48.5 Å². The van der Waals surface area contributed by atoms with Crippen LogP contribution in [-0.4, -0.2) is 85.6 Å². The summed E-state index contributed by atoms with van der Waals surface area (Å²) in [5, 5.41) is 0. The van der Waals surface area contributed by atoms with Crippen molar-refractivity contribution in [2.24, 2.45) is 5.92 Å². The van der Waals surface area contributed by atoms with Crippen LogP contribution >= 0.6 is 0 Å². The molecule has 2 heterocycles. The third-order valence-corrected chi connectivity index (χ3v) is 7.46. The lowest BCUT2D eigenvalue weighted by Gasteiger charge is -2.39. The van der Waals surface area contributed by atoms with E-state index in [1.165, 1.54) is 5.56 Å². The van der Waals surface area contributed by atoms with Crippen molar-refractivity contribution in [1.29, 1.82) is 0 Å². The normalized spacial score (nSPS) is 19.0. The van der Waals surface area contributed by atoms with Gasteiger partial charge in [-0.3, -0.25) is 14.5 Å². The Morgan fingerprint density at radius 3 is 2.35 bits per heavy atom. The zero-order valence-electron chi connectivity index (χ0n) is 22.7. The highest BCUT2D eigenvalue weighted by Gasteiger charge is 2.34. The predicted octanol–water partition coefficient (Wildman–Crippen LogP) is 3.76. The van der Waals surface area contributed by atoms with Crippen molar-refractivity contribution in [2.75, 3.05) is 53.0 Å². The average molecular weight is 508 g/mol. The third kappa shape index (κ3) is 6.33. The van der Waals surface area contributed by atoms with Gasteiger partial charge in [0.25, 0.3) is 5.91 Å². The number of piperazine rings is 1. The van der Waals surface area contributed by atoms with Gasteiger partial charge >= 0.3 is 0 Å². The number of fused-ring (bicyclic) bond motifs is 1. The van der Waals surface area contributed by atoms with Crippen LogP contribution in [0.4, 0.5) is 0 Å². The highest BCUT2D eigenvalue weighted by Crippen LogP contribution is 2.38. The number of carbonyl (C=O) groups excluding carboxylic acids is 2. The Hall–Kier alpha value is -2.90. The molecule has 2 aliphatic heterocycles. The molecular weight excluding hydrogens is 466 g/mol. The van der Waals surface area contributed by atoms with Crippen LogP contribution in [0.5, 0.6) is 5.75 Å². The molecule has 0 radical (unpaired) electrons. The fourth-order valence-corrected chi connectivity index (χ4v) is 5.32. The van der Waals surface area contributed by atoms with Crippen LogP contribution in [0, 0.1) is 5.92 Å². The number of rotatable bonds is 9. The lowest BCUT2D eigenvalue weighted by atomic mass is 9.87. The molecule has 7 heteroatoms. The third-order valence-electron chi connectivity index (χ3n) is 7.46. The maximum atomic E-state index is 13.4. The monoisotopic (exact) mass is 507 g/mol. The Balaban J connectivity index is 1.53. The van der Waals surface area contributed by atoms with Crippen molar-refractivity contribution in [2.45, 2.75) is 45.8 Å². The molecule has 0 spiro atoms. The van der Waals surface area contributed by atoms with Gasteiger partial charge < -0.3 is 19.3 Å². The minimum Gasteiger partial charge on any atom is -0.481 e. The van der Waals surface area contributed by atoms with Gasteiger partial charge in [-0.1, -0.05) is 57.2 Å². The van der Waals surface area contributed by atoms with Crippen molar-refractivity contribution < 1.29 is 19.1 Å². The second-order valence-corrected chi connectivity index (χ2v) is 10.3. The highest BCUT2D eigenvalue weighted by molar-refractivity contribution is 5.81. The Kier molecular flexibility index (Phi) is 9.22. The van der Waals surface area contributed by atoms with Gasteiger partial charge in [-0.2, -0.15) is 0 Å². The molecule has 2 aromatic carbocycles. The first-order valence-electron chi connectivity index (χ1n) is 13.6. The summed E-state index contributed by atoms with van der Waals surface area (Å²) < 4.78 is 11.5. The molecule has 2 amide bonds. The maximum Gasteiger partial charge on any atom is 0.263 e. The maximum absolute atomic E-state index is 13.4. The first-order valence-corrected chi connectivity index (χ1v) is 13.6. The largest absolute Gasteiger partial charge is 0.481 e. The zero-order valence-corrected chi connectivity index (χ0v) is 22.7. The summed E-state index contributed by atoms with van der Waals surface area (Å²) in [5.74, 6) is 0.793. The van der Waals surface area contributed by atoms with Gasteiger partial charge in [-0.15, -0.1) is 0 Å². The molecule has 0 aliphatic carbocycles. The van der Waals surface area contributed by atoms with Crippen LogP contribution in [0.1, 0.15) is 49.9 Å². The number of hydrogen-bond acceptors (Lipinski definition) is 5. The van der Waals surface area contributed by atoms with Gasteiger partial charge in [-0.05, 0) is 41.7 Å². The van der Waals surface area contributed by atoms with Gasteiger partial charge in [0.2, 0.25) is 5.91 Å². The Morgan fingerprint density at radius 1 is 0.973 bits per heavy atom. The van der Waals surface area contributed by atoms with Gasteiger partial charge in [-0.25, -0.2) is 0 Å². The molecule has 2 aliphatic rings. The smallest absolute Gasteiger partial charge is 0.263 e. The summed E-state index contributed by atoms with van der Waals surface area (Å²) in [6.07, 6.45) is 0.872. The second-order valence-electron chi connectivity index (χ2n) is 10.3. The summed E-state index contributed by atoms with van der Waals surface area (Å²) in [4.78, 5) is 32.8. The number of nitrogens with zero attached hydrogens (tertiary/aromatic N) is 3. The van der Waals surface area contributed by atoms with Crippen LogP contribution in [0.2, 0.25) is 0 Å². The van der Waals surface area contributed by atoms with Gasteiger partial charge in [0.05, 0.1) is 12.6 Å². The molecule has 1 saturated heterocycles. The lowest BCUT2D eigenvalue weighted by molar-refractivity contribution is -0.140. The minimum atomic E-state index is -0.532. The Morgan fingerprint density at radius 2 is 1.70 bits per heavy atom. The van der Waals surface area contributed by atoms with Crippen LogP contribution in [0.25, 0.3) is 0 Å². The first kappa shape index (κ1) is 27.1. The molecule has 0 bridgehead atoms. The SMILES string of the molecule is CCC(Oc1ccc2c(c1)C(c1ccccc1)N(C(=O)C(C)C)CC2)C(=O)N1CCN(CCOC)CC1. The number of amides is 2. The fourth-order valence-electron chi connectivity index (χ4n) is 5.32. The first-order chi connectivity index (χ1) is 17.9. The molecule has 4 rings (SSSR count). The van der Waals surface area contributed by atoms with E-state index in [0.29, 0.717) is 38.4 Å². The fraction of sp³-hybridized carbons (Fsp3) is 0.533. The molecule has 200 valence electrons. The summed E-state index contributed by atoms with van der Waals surface area (Å²) in [6, 6.07) is 16.1. The molecule has 0 aromatic heterocycles. The van der Waals surface area contributed by atoms with Crippen molar-refractivity contribution >= 4 is 11.8 Å². The minimum absolute atomic E-state index is 0.0443. The molecule has 7 nitrogen and oxygen atoms in total. The molecule has 2 aromatic rings. The Labute approximate surface area is 221 Å². The van der Waals surface area contributed by atoms with Crippen LogP contribution in [0.3, 0.4) is 0 Å². The van der Waals surface area contributed by atoms with Crippen LogP contribution in [-0.2, 0) is 20.7 Å². The van der Waals surface area contributed by atoms with E-state index in [4.69, 9.17) is 9.47 Å². The number of carbonyl (C=O) groups is 2. The van der Waals surface area contributed by atoms with Crippen molar-refractivity contribution in [1.82, 2.24) is 14.7 Å². The van der Waals surface area contributed by atoms with Crippen molar-refractivity contribution in [3.8, 4) is 5.75 Å². The summed E-state index contributed by atoms with van der Waals surface area (Å²) in [7, 11) is 1.71. The van der Waals surface area contributed by atoms with E-state index in [2.05, 4.69) is 23.1 Å². The number of ether oxygens (including phenoxy) is 2. The van der Waals surface area contributed by atoms with E-state index in [-0.39, 0.29) is 23.8 Å². The molecule has 0 saturated carbocycles. The quantitative estimate of drug-likeness (QED) is 0.517. The summed E-state index contributed by atoms with van der Waals surface area (Å²) in [6.45, 7) is 11.3. The van der Waals surface area contributed by atoms with Crippen molar-refractivity contribution in [3.63, 3.8) is 0 Å². The molecular formula is C30H41N3O4. The Bertz CT molecular complexity index is 1050. The second kappa shape index (κ2) is 12.6. The van der Waals surface area contributed by atoms with E-state index in [1.54, 1.807) is 7.11 Å². The molecule has 2 atom stereocenters. The van der Waals surface area contributed by atoms with E-state index >= 15 is 0 Å². The molecule has 1 fully saturated rings. The van der Waals surface area contributed by atoms with E-state index in [9.17, 15) is 9.59 Å². The predicted molar refractivity (Wildman–Crippen MR) is 145 cm³/mol. The van der Waals surface area contributed by atoms with Gasteiger partial charge in [0.15, 0.2) is 6.10 Å². The van der Waals surface area contributed by atoms with Crippen LogP contribution < -0.4 is 4.74 Å². The number of benzene rings is 2. The van der Waals surface area contributed by atoms with Gasteiger partial charge in [0, 0.05) is 52.3 Å².